The minimum atomic E-state index is 0.673. The Balaban J connectivity index is 1.98. The first-order valence-electron chi connectivity index (χ1n) is 6.61. The summed E-state index contributed by atoms with van der Waals surface area (Å²) in [7, 11) is 4.04. The van der Waals surface area contributed by atoms with Gasteiger partial charge in [-0.25, -0.2) is 4.98 Å². The number of nitrogens with zero attached hydrogens (tertiary/aromatic N) is 2. The molecule has 18 heavy (non-hydrogen) atoms. The van der Waals surface area contributed by atoms with E-state index in [2.05, 4.69) is 27.5 Å². The number of anilines is 1. The third kappa shape index (κ3) is 1.97. The van der Waals surface area contributed by atoms with Crippen LogP contribution in [0.15, 0.2) is 18.5 Å². The predicted octanol–water partition coefficient (Wildman–Crippen LogP) is 2.10. The third-order valence-electron chi connectivity index (χ3n) is 3.82. The molecule has 0 aliphatic carbocycles. The minimum absolute atomic E-state index is 0.673. The van der Waals surface area contributed by atoms with E-state index >= 15 is 0 Å². The molecule has 2 aromatic heterocycles. The molecule has 0 atom stereocenters. The highest BCUT2D eigenvalue weighted by Gasteiger charge is 2.18. The lowest BCUT2D eigenvalue weighted by atomic mass is 9.90. The van der Waals surface area contributed by atoms with Crippen LogP contribution in [0.4, 0.5) is 5.82 Å². The van der Waals surface area contributed by atoms with Gasteiger partial charge < -0.3 is 15.2 Å². The Bertz CT molecular complexity index is 538. The summed E-state index contributed by atoms with van der Waals surface area (Å²) in [6, 6.07) is 2.12. The molecule has 1 saturated heterocycles. The van der Waals surface area contributed by atoms with Gasteiger partial charge in [0.25, 0.3) is 0 Å². The van der Waals surface area contributed by atoms with Crippen molar-refractivity contribution in [3.8, 4) is 0 Å². The number of aromatic nitrogens is 2. The first-order chi connectivity index (χ1) is 8.75. The molecule has 0 radical (unpaired) electrons. The summed E-state index contributed by atoms with van der Waals surface area (Å²) >= 11 is 0. The van der Waals surface area contributed by atoms with Gasteiger partial charge in [0.1, 0.15) is 5.82 Å². The molecule has 96 valence electrons. The number of piperidine rings is 1. The number of nitrogens with one attached hydrogen (secondary N) is 2. The standard InChI is InChI=1S/C14H20N4/c1-18(2)14-7-13-12(9-17-14)11(8-16-13)10-3-5-15-6-4-10/h7-10,15-16H,3-6H2,1-2H3. The Morgan fingerprint density at radius 2 is 2.06 bits per heavy atom. The molecule has 0 unspecified atom stereocenters. The zero-order valence-electron chi connectivity index (χ0n) is 11.0. The molecule has 2 N–H and O–H groups in total. The molecule has 3 rings (SSSR count). The highest BCUT2D eigenvalue weighted by Crippen LogP contribution is 2.31. The second-order valence-electron chi connectivity index (χ2n) is 5.25. The zero-order chi connectivity index (χ0) is 12.5. The van der Waals surface area contributed by atoms with Crippen molar-refractivity contribution in [2.45, 2.75) is 18.8 Å². The van der Waals surface area contributed by atoms with Crippen molar-refractivity contribution in [3.63, 3.8) is 0 Å². The smallest absolute Gasteiger partial charge is 0.130 e. The molecule has 0 saturated carbocycles. The van der Waals surface area contributed by atoms with Crippen molar-refractivity contribution in [1.29, 1.82) is 0 Å². The number of pyridine rings is 1. The first kappa shape index (κ1) is 11.5. The Kier molecular flexibility index (Phi) is 2.96. The van der Waals surface area contributed by atoms with Gasteiger partial charge in [-0.05, 0) is 37.4 Å². The van der Waals surface area contributed by atoms with Crippen LogP contribution in [0.25, 0.3) is 10.9 Å². The van der Waals surface area contributed by atoms with Crippen molar-refractivity contribution >= 4 is 16.7 Å². The van der Waals surface area contributed by atoms with Crippen LogP contribution in [0.2, 0.25) is 0 Å². The van der Waals surface area contributed by atoms with E-state index in [1.807, 2.05) is 25.2 Å². The zero-order valence-corrected chi connectivity index (χ0v) is 11.0. The quantitative estimate of drug-likeness (QED) is 0.850. The second-order valence-corrected chi connectivity index (χ2v) is 5.25. The maximum absolute atomic E-state index is 4.52. The van der Waals surface area contributed by atoms with E-state index in [0.717, 1.165) is 18.9 Å². The molecule has 0 bridgehead atoms. The van der Waals surface area contributed by atoms with Gasteiger partial charge in [-0.3, -0.25) is 0 Å². The summed E-state index contributed by atoms with van der Waals surface area (Å²) in [6.45, 7) is 2.25. The topological polar surface area (TPSA) is 44.0 Å². The van der Waals surface area contributed by atoms with E-state index < -0.39 is 0 Å². The van der Waals surface area contributed by atoms with Crippen molar-refractivity contribution < 1.29 is 0 Å². The van der Waals surface area contributed by atoms with Gasteiger partial charge in [0, 0.05) is 37.9 Å². The molecule has 1 aliphatic heterocycles. The van der Waals surface area contributed by atoms with Gasteiger partial charge in [-0.2, -0.15) is 0 Å². The number of H-pyrrole nitrogens is 1. The summed E-state index contributed by atoms with van der Waals surface area (Å²) in [6.07, 6.45) is 6.63. The maximum Gasteiger partial charge on any atom is 0.130 e. The van der Waals surface area contributed by atoms with Crippen LogP contribution in [0.3, 0.4) is 0 Å². The average molecular weight is 244 g/mol. The molecule has 3 heterocycles. The van der Waals surface area contributed by atoms with Gasteiger partial charge >= 0.3 is 0 Å². The van der Waals surface area contributed by atoms with Gasteiger partial charge in [0.2, 0.25) is 0 Å². The largest absolute Gasteiger partial charge is 0.363 e. The molecule has 0 amide bonds. The maximum atomic E-state index is 4.52. The SMILES string of the molecule is CN(C)c1cc2[nH]cc(C3CCNCC3)c2cn1. The Morgan fingerprint density at radius 3 is 2.78 bits per heavy atom. The van der Waals surface area contributed by atoms with E-state index in [1.165, 1.54) is 29.3 Å². The molecular formula is C14H20N4. The fraction of sp³-hybridized carbons (Fsp3) is 0.500. The molecule has 4 nitrogen and oxygen atoms in total. The van der Waals surface area contributed by atoms with Gasteiger partial charge in [-0.1, -0.05) is 0 Å². The lowest BCUT2D eigenvalue weighted by molar-refractivity contribution is 0.462. The monoisotopic (exact) mass is 244 g/mol. The van der Waals surface area contributed by atoms with Crippen LogP contribution >= 0.6 is 0 Å². The van der Waals surface area contributed by atoms with E-state index in [0.29, 0.717) is 5.92 Å². The van der Waals surface area contributed by atoms with E-state index in [9.17, 15) is 0 Å². The lowest BCUT2D eigenvalue weighted by Crippen LogP contribution is -2.26. The summed E-state index contributed by atoms with van der Waals surface area (Å²) in [5.41, 5.74) is 2.63. The number of hydrogen-bond donors (Lipinski definition) is 2. The lowest BCUT2D eigenvalue weighted by Gasteiger charge is -2.22. The summed E-state index contributed by atoms with van der Waals surface area (Å²) < 4.78 is 0. The molecule has 4 heteroatoms. The van der Waals surface area contributed by atoms with Gasteiger partial charge in [0.15, 0.2) is 0 Å². The van der Waals surface area contributed by atoms with Crippen molar-refractivity contribution in [1.82, 2.24) is 15.3 Å². The Morgan fingerprint density at radius 1 is 1.28 bits per heavy atom. The van der Waals surface area contributed by atoms with Crippen LogP contribution in [-0.2, 0) is 0 Å². The Hall–Kier alpha value is -1.55. The molecule has 2 aromatic rings. The number of fused-ring (bicyclic) bond motifs is 1. The van der Waals surface area contributed by atoms with Gasteiger partial charge in [0.05, 0.1) is 5.52 Å². The van der Waals surface area contributed by atoms with Crippen LogP contribution in [0, 0.1) is 0 Å². The molecule has 1 aliphatic rings. The average Bonchev–Trinajstić information content (AvgIpc) is 2.82. The number of aromatic amines is 1. The fourth-order valence-electron chi connectivity index (χ4n) is 2.74. The second kappa shape index (κ2) is 4.61. The fourth-order valence-corrected chi connectivity index (χ4v) is 2.74. The van der Waals surface area contributed by atoms with E-state index in [-0.39, 0.29) is 0 Å². The summed E-state index contributed by atoms with van der Waals surface area (Å²) in [5, 5.41) is 4.70. The third-order valence-corrected chi connectivity index (χ3v) is 3.82. The number of rotatable bonds is 2. The van der Waals surface area contributed by atoms with Crippen molar-refractivity contribution in [3.05, 3.63) is 24.0 Å². The van der Waals surface area contributed by atoms with Crippen molar-refractivity contribution in [2.24, 2.45) is 0 Å². The summed E-state index contributed by atoms with van der Waals surface area (Å²) in [5.74, 6) is 1.67. The van der Waals surface area contributed by atoms with Crippen LogP contribution in [0.5, 0.6) is 0 Å². The van der Waals surface area contributed by atoms with Gasteiger partial charge in [-0.15, -0.1) is 0 Å². The van der Waals surface area contributed by atoms with E-state index in [4.69, 9.17) is 0 Å². The first-order valence-corrected chi connectivity index (χ1v) is 6.61. The van der Waals surface area contributed by atoms with Crippen LogP contribution in [-0.4, -0.2) is 37.2 Å². The predicted molar refractivity (Wildman–Crippen MR) is 75.3 cm³/mol. The molecule has 1 fully saturated rings. The van der Waals surface area contributed by atoms with Crippen molar-refractivity contribution in [2.75, 3.05) is 32.1 Å². The van der Waals surface area contributed by atoms with E-state index in [1.54, 1.807) is 0 Å². The minimum Gasteiger partial charge on any atom is -0.363 e. The highest BCUT2D eigenvalue weighted by molar-refractivity contribution is 5.85. The number of hydrogen-bond acceptors (Lipinski definition) is 3. The molecule has 0 spiro atoms. The summed E-state index contributed by atoms with van der Waals surface area (Å²) in [4.78, 5) is 9.95. The highest BCUT2D eigenvalue weighted by atomic mass is 15.1. The van der Waals surface area contributed by atoms with Crippen LogP contribution < -0.4 is 10.2 Å². The molecule has 0 aromatic carbocycles. The van der Waals surface area contributed by atoms with Crippen LogP contribution in [0.1, 0.15) is 24.3 Å². The molecular weight excluding hydrogens is 224 g/mol. The Labute approximate surface area is 107 Å². The normalized spacial score (nSPS) is 17.2.